The quantitative estimate of drug-likeness (QED) is 0.686. The fraction of sp³-hybridized carbons (Fsp3) is 0.250. The van der Waals surface area contributed by atoms with Gasteiger partial charge in [0.25, 0.3) is 0 Å². The van der Waals surface area contributed by atoms with Crippen molar-refractivity contribution in [2.45, 2.75) is 6.92 Å². The summed E-state index contributed by atoms with van der Waals surface area (Å²) in [6.45, 7) is 2.00. The van der Waals surface area contributed by atoms with Gasteiger partial charge in [0.05, 0.1) is 9.39 Å². The summed E-state index contributed by atoms with van der Waals surface area (Å²) in [5, 5.41) is 1.14. The Hall–Kier alpha value is -0.650. The van der Waals surface area contributed by atoms with Crippen LogP contribution in [0.1, 0.15) is 5.69 Å². The summed E-state index contributed by atoms with van der Waals surface area (Å²) in [4.78, 5) is 8.34. The first-order valence-corrected chi connectivity index (χ1v) is 4.70. The normalized spacial score (nSPS) is 10.9. The maximum atomic E-state index is 4.21. The molecule has 0 amide bonds. The maximum Gasteiger partial charge on any atom is 0.144 e. The zero-order valence-corrected chi connectivity index (χ0v) is 9.03. The molecule has 0 aromatic carbocycles. The molecule has 0 saturated heterocycles. The Morgan fingerprint density at radius 3 is 2.83 bits per heavy atom. The Bertz CT molecular complexity index is 433. The van der Waals surface area contributed by atoms with E-state index in [1.807, 2.05) is 14.0 Å². The number of hydrogen-bond donors (Lipinski definition) is 0. The second-order valence-electron chi connectivity index (χ2n) is 2.72. The van der Waals surface area contributed by atoms with Crippen LogP contribution in [0, 0.1) is 10.6 Å². The largest absolute Gasteiger partial charge is 0.324 e. The summed E-state index contributed by atoms with van der Waals surface area (Å²) in [6, 6.07) is 2.10. The van der Waals surface area contributed by atoms with Crippen molar-refractivity contribution in [1.82, 2.24) is 14.5 Å². The van der Waals surface area contributed by atoms with E-state index in [9.17, 15) is 0 Å². The fourth-order valence-corrected chi connectivity index (χ4v) is 1.76. The van der Waals surface area contributed by atoms with Crippen molar-refractivity contribution in [1.29, 1.82) is 0 Å². The summed E-state index contributed by atoms with van der Waals surface area (Å²) in [7, 11) is 2.01. The topological polar surface area (TPSA) is 30.7 Å². The van der Waals surface area contributed by atoms with Gasteiger partial charge in [0.1, 0.15) is 12.0 Å². The van der Waals surface area contributed by atoms with Crippen molar-refractivity contribution in [3.8, 4) is 0 Å². The molecule has 12 heavy (non-hydrogen) atoms. The molecule has 0 bridgehead atoms. The molecule has 2 aromatic heterocycles. The van der Waals surface area contributed by atoms with Gasteiger partial charge in [-0.3, -0.25) is 0 Å². The highest BCUT2D eigenvalue weighted by Gasteiger charge is 2.05. The molecular weight excluding hydrogens is 265 g/mol. The smallest absolute Gasteiger partial charge is 0.144 e. The van der Waals surface area contributed by atoms with Crippen LogP contribution in [0.15, 0.2) is 12.4 Å². The van der Waals surface area contributed by atoms with E-state index < -0.39 is 0 Å². The number of aromatic nitrogens is 3. The number of hydrogen-bond acceptors (Lipinski definition) is 2. The second kappa shape index (κ2) is 2.69. The molecule has 2 heterocycles. The first-order chi connectivity index (χ1) is 5.70. The van der Waals surface area contributed by atoms with Gasteiger partial charge in [-0.05, 0) is 35.6 Å². The minimum atomic E-state index is 1.01. The van der Waals surface area contributed by atoms with Crippen LogP contribution in [0.5, 0.6) is 0 Å². The number of nitrogens with zero attached hydrogens (tertiary/aromatic N) is 3. The van der Waals surface area contributed by atoms with Crippen LogP contribution in [-0.2, 0) is 7.05 Å². The molecular formula is C8H8IN3. The van der Waals surface area contributed by atoms with Crippen LogP contribution in [0.2, 0.25) is 0 Å². The molecule has 0 radical (unpaired) electrons. The van der Waals surface area contributed by atoms with Crippen molar-refractivity contribution in [3.05, 3.63) is 21.8 Å². The average Bonchev–Trinajstić information content (AvgIpc) is 2.32. The highest BCUT2D eigenvalue weighted by Crippen LogP contribution is 2.19. The maximum absolute atomic E-state index is 4.21. The Balaban J connectivity index is 2.95. The van der Waals surface area contributed by atoms with Crippen LogP contribution in [-0.4, -0.2) is 14.5 Å². The predicted molar refractivity (Wildman–Crippen MR) is 56.0 cm³/mol. The first-order valence-electron chi connectivity index (χ1n) is 3.62. The van der Waals surface area contributed by atoms with E-state index in [2.05, 4.69) is 43.2 Å². The van der Waals surface area contributed by atoms with Crippen molar-refractivity contribution in [2.75, 3.05) is 0 Å². The van der Waals surface area contributed by atoms with Gasteiger partial charge in [-0.1, -0.05) is 0 Å². The number of fused-ring (bicyclic) bond motifs is 1. The van der Waals surface area contributed by atoms with Gasteiger partial charge in [0, 0.05) is 12.4 Å². The van der Waals surface area contributed by atoms with E-state index in [0.717, 1.165) is 16.7 Å². The van der Waals surface area contributed by atoms with Crippen LogP contribution in [0.4, 0.5) is 0 Å². The zero-order chi connectivity index (χ0) is 8.72. The molecule has 0 spiro atoms. The number of aryl methyl sites for hydroxylation is 2. The van der Waals surface area contributed by atoms with Crippen molar-refractivity contribution < 1.29 is 0 Å². The molecule has 0 saturated carbocycles. The highest BCUT2D eigenvalue weighted by atomic mass is 127. The molecule has 0 N–H and O–H groups in total. The molecule has 0 aliphatic heterocycles. The summed E-state index contributed by atoms with van der Waals surface area (Å²) in [5.41, 5.74) is 2.05. The van der Waals surface area contributed by atoms with E-state index in [4.69, 9.17) is 0 Å². The Kier molecular flexibility index (Phi) is 1.79. The minimum Gasteiger partial charge on any atom is -0.324 e. The molecule has 4 heteroatoms. The Morgan fingerprint density at radius 2 is 2.17 bits per heavy atom. The van der Waals surface area contributed by atoms with E-state index in [1.165, 1.54) is 3.70 Å². The van der Waals surface area contributed by atoms with Gasteiger partial charge in [-0.2, -0.15) is 0 Å². The van der Waals surface area contributed by atoms with Crippen molar-refractivity contribution in [2.24, 2.45) is 7.05 Å². The molecule has 0 unspecified atom stereocenters. The molecule has 0 aliphatic carbocycles. The zero-order valence-electron chi connectivity index (χ0n) is 6.87. The lowest BCUT2D eigenvalue weighted by Gasteiger charge is -1.96. The molecule has 3 nitrogen and oxygen atoms in total. The first kappa shape index (κ1) is 7.97. The SMILES string of the molecule is Cc1ncnc2c1cc(I)n2C. The Morgan fingerprint density at radius 1 is 1.42 bits per heavy atom. The number of rotatable bonds is 0. The number of halogens is 1. The molecule has 0 atom stereocenters. The van der Waals surface area contributed by atoms with Crippen LogP contribution in [0.3, 0.4) is 0 Å². The third kappa shape index (κ3) is 1.01. The molecule has 62 valence electrons. The summed E-state index contributed by atoms with van der Waals surface area (Å²) >= 11 is 2.29. The highest BCUT2D eigenvalue weighted by molar-refractivity contribution is 14.1. The van der Waals surface area contributed by atoms with Gasteiger partial charge in [-0.25, -0.2) is 9.97 Å². The molecule has 2 rings (SSSR count). The fourth-order valence-electron chi connectivity index (χ4n) is 1.22. The van der Waals surface area contributed by atoms with Crippen LogP contribution >= 0.6 is 22.6 Å². The standard InChI is InChI=1S/C8H8IN3/c1-5-6-3-7(9)12(2)8(6)11-4-10-5/h3-4H,1-2H3. The van der Waals surface area contributed by atoms with Gasteiger partial charge >= 0.3 is 0 Å². The van der Waals surface area contributed by atoms with E-state index in [-0.39, 0.29) is 0 Å². The van der Waals surface area contributed by atoms with E-state index in [0.29, 0.717) is 0 Å². The summed E-state index contributed by atoms with van der Waals surface area (Å²) in [6.07, 6.45) is 1.60. The van der Waals surface area contributed by atoms with Gasteiger partial charge < -0.3 is 4.57 Å². The van der Waals surface area contributed by atoms with E-state index >= 15 is 0 Å². The van der Waals surface area contributed by atoms with Crippen LogP contribution < -0.4 is 0 Å². The molecule has 0 aliphatic rings. The molecule has 2 aromatic rings. The second-order valence-corrected chi connectivity index (χ2v) is 3.83. The third-order valence-electron chi connectivity index (χ3n) is 1.96. The monoisotopic (exact) mass is 273 g/mol. The van der Waals surface area contributed by atoms with Gasteiger partial charge in [0.2, 0.25) is 0 Å². The third-order valence-corrected chi connectivity index (χ3v) is 3.00. The average molecular weight is 273 g/mol. The minimum absolute atomic E-state index is 1.01. The van der Waals surface area contributed by atoms with Crippen LogP contribution in [0.25, 0.3) is 11.0 Å². The summed E-state index contributed by atoms with van der Waals surface area (Å²) < 4.78 is 3.25. The van der Waals surface area contributed by atoms with Crippen molar-refractivity contribution >= 4 is 33.6 Å². The van der Waals surface area contributed by atoms with Gasteiger partial charge in [0.15, 0.2) is 0 Å². The lowest BCUT2D eigenvalue weighted by molar-refractivity contribution is 0.914. The predicted octanol–water partition coefficient (Wildman–Crippen LogP) is 1.88. The van der Waals surface area contributed by atoms with Crippen molar-refractivity contribution in [3.63, 3.8) is 0 Å². The molecule has 0 fully saturated rings. The van der Waals surface area contributed by atoms with Gasteiger partial charge in [-0.15, -0.1) is 0 Å². The summed E-state index contributed by atoms with van der Waals surface area (Å²) in [5.74, 6) is 0. The lowest BCUT2D eigenvalue weighted by Crippen LogP contribution is -1.92. The Labute approximate surface area is 84.0 Å². The van der Waals surface area contributed by atoms with E-state index in [1.54, 1.807) is 6.33 Å². The lowest BCUT2D eigenvalue weighted by atomic mass is 10.3.